The van der Waals surface area contributed by atoms with Crippen molar-refractivity contribution in [1.29, 1.82) is 0 Å². The summed E-state index contributed by atoms with van der Waals surface area (Å²) in [6, 6.07) is 11.3. The van der Waals surface area contributed by atoms with Gasteiger partial charge in [0.05, 0.1) is 31.0 Å². The zero-order chi connectivity index (χ0) is 19.2. The monoisotopic (exact) mass is 386 g/mol. The fraction of sp³-hybridized carbons (Fsp3) is 0.300. The molecule has 0 bridgehead atoms. The van der Waals surface area contributed by atoms with Crippen molar-refractivity contribution in [2.24, 2.45) is 0 Å². The molecule has 3 aromatic rings. The van der Waals surface area contributed by atoms with Crippen molar-refractivity contribution in [3.05, 3.63) is 42.0 Å². The molecule has 0 aliphatic heterocycles. The SMILES string of the molecule is CCOc1ccc2nc(NC(=O)CCc3cc(OC)ccc3OC)sc2c1. The van der Waals surface area contributed by atoms with E-state index in [1.165, 1.54) is 11.3 Å². The summed E-state index contributed by atoms with van der Waals surface area (Å²) >= 11 is 1.43. The second kappa shape index (κ2) is 8.73. The third-order valence-corrected chi connectivity index (χ3v) is 4.96. The van der Waals surface area contributed by atoms with E-state index in [4.69, 9.17) is 14.2 Å². The van der Waals surface area contributed by atoms with Crippen molar-refractivity contribution in [2.45, 2.75) is 19.8 Å². The molecule has 1 aromatic heterocycles. The van der Waals surface area contributed by atoms with Crippen LogP contribution in [0.3, 0.4) is 0 Å². The van der Waals surface area contributed by atoms with Gasteiger partial charge >= 0.3 is 0 Å². The van der Waals surface area contributed by atoms with Crippen LogP contribution in [-0.4, -0.2) is 31.7 Å². The maximum Gasteiger partial charge on any atom is 0.226 e. The first kappa shape index (κ1) is 19.0. The van der Waals surface area contributed by atoms with Crippen LogP contribution in [0.1, 0.15) is 18.9 Å². The first-order valence-electron chi connectivity index (χ1n) is 8.67. The lowest BCUT2D eigenvalue weighted by atomic mass is 10.1. The van der Waals surface area contributed by atoms with Gasteiger partial charge in [-0.1, -0.05) is 11.3 Å². The van der Waals surface area contributed by atoms with Crippen LogP contribution in [0.25, 0.3) is 10.2 Å². The number of hydrogen-bond donors (Lipinski definition) is 1. The number of aryl methyl sites for hydroxylation is 1. The zero-order valence-corrected chi connectivity index (χ0v) is 16.4. The van der Waals surface area contributed by atoms with Crippen molar-refractivity contribution in [3.8, 4) is 17.2 Å². The Balaban J connectivity index is 1.65. The molecular formula is C20H22N2O4S. The molecule has 1 heterocycles. The van der Waals surface area contributed by atoms with Crippen molar-refractivity contribution < 1.29 is 19.0 Å². The number of amides is 1. The number of anilines is 1. The van der Waals surface area contributed by atoms with Gasteiger partial charge in [-0.05, 0) is 55.3 Å². The Morgan fingerprint density at radius 1 is 1.11 bits per heavy atom. The Hall–Kier alpha value is -2.80. The molecule has 6 nitrogen and oxygen atoms in total. The van der Waals surface area contributed by atoms with Gasteiger partial charge in [-0.25, -0.2) is 4.98 Å². The van der Waals surface area contributed by atoms with E-state index in [0.717, 1.165) is 33.0 Å². The van der Waals surface area contributed by atoms with Gasteiger partial charge in [0.1, 0.15) is 17.2 Å². The predicted molar refractivity (Wildman–Crippen MR) is 107 cm³/mol. The fourth-order valence-corrected chi connectivity index (χ4v) is 3.63. The average molecular weight is 386 g/mol. The molecular weight excluding hydrogens is 364 g/mol. The number of aromatic nitrogens is 1. The summed E-state index contributed by atoms with van der Waals surface area (Å²) < 4.78 is 17.1. The maximum absolute atomic E-state index is 12.3. The lowest BCUT2D eigenvalue weighted by molar-refractivity contribution is -0.116. The minimum Gasteiger partial charge on any atom is -0.497 e. The minimum absolute atomic E-state index is 0.0936. The standard InChI is InChI=1S/C20H22N2O4S/c1-4-26-15-6-8-16-18(12-15)27-20(21-16)22-19(23)10-5-13-11-14(24-2)7-9-17(13)25-3/h6-9,11-12H,4-5,10H2,1-3H3,(H,21,22,23). The third-order valence-electron chi connectivity index (χ3n) is 4.03. The molecule has 0 saturated heterocycles. The normalized spacial score (nSPS) is 10.6. The summed E-state index contributed by atoms with van der Waals surface area (Å²) in [6.45, 7) is 2.56. The Kier molecular flexibility index (Phi) is 6.13. The molecule has 27 heavy (non-hydrogen) atoms. The highest BCUT2D eigenvalue weighted by molar-refractivity contribution is 7.22. The smallest absolute Gasteiger partial charge is 0.226 e. The topological polar surface area (TPSA) is 69.7 Å². The number of nitrogens with zero attached hydrogens (tertiary/aromatic N) is 1. The number of methoxy groups -OCH3 is 2. The summed E-state index contributed by atoms with van der Waals surface area (Å²) in [4.78, 5) is 16.8. The molecule has 2 aromatic carbocycles. The molecule has 0 aliphatic carbocycles. The summed E-state index contributed by atoms with van der Waals surface area (Å²) in [5, 5.41) is 3.46. The van der Waals surface area contributed by atoms with Gasteiger partial charge in [0.25, 0.3) is 0 Å². The van der Waals surface area contributed by atoms with Gasteiger partial charge in [0.15, 0.2) is 5.13 Å². The highest BCUT2D eigenvalue weighted by Crippen LogP contribution is 2.30. The zero-order valence-electron chi connectivity index (χ0n) is 15.6. The summed E-state index contributed by atoms with van der Waals surface area (Å²) in [5.74, 6) is 2.19. The van der Waals surface area contributed by atoms with E-state index in [-0.39, 0.29) is 5.91 Å². The van der Waals surface area contributed by atoms with Crippen molar-refractivity contribution in [1.82, 2.24) is 4.98 Å². The second-order valence-electron chi connectivity index (χ2n) is 5.81. The molecule has 0 saturated carbocycles. The third kappa shape index (κ3) is 4.68. The number of carbonyl (C=O) groups is 1. The maximum atomic E-state index is 12.3. The van der Waals surface area contributed by atoms with Crippen molar-refractivity contribution in [3.63, 3.8) is 0 Å². The van der Waals surface area contributed by atoms with Crippen LogP contribution in [0.15, 0.2) is 36.4 Å². The number of ether oxygens (including phenoxy) is 3. The second-order valence-corrected chi connectivity index (χ2v) is 6.84. The molecule has 0 radical (unpaired) electrons. The van der Waals surface area contributed by atoms with Crippen LogP contribution >= 0.6 is 11.3 Å². The van der Waals surface area contributed by atoms with Crippen LogP contribution in [0.2, 0.25) is 0 Å². The number of benzene rings is 2. The van der Waals surface area contributed by atoms with E-state index in [0.29, 0.717) is 24.6 Å². The van der Waals surface area contributed by atoms with E-state index in [9.17, 15) is 4.79 Å². The summed E-state index contributed by atoms with van der Waals surface area (Å²) in [5.41, 5.74) is 1.77. The first-order valence-corrected chi connectivity index (χ1v) is 9.48. The number of thiazole rings is 1. The van der Waals surface area contributed by atoms with Crippen LogP contribution in [-0.2, 0) is 11.2 Å². The Morgan fingerprint density at radius 3 is 2.67 bits per heavy atom. The molecule has 3 rings (SSSR count). The van der Waals surface area contributed by atoms with E-state index >= 15 is 0 Å². The Labute approximate surface area is 162 Å². The first-order chi connectivity index (χ1) is 13.1. The lowest BCUT2D eigenvalue weighted by Crippen LogP contribution is -2.12. The highest BCUT2D eigenvalue weighted by Gasteiger charge is 2.11. The average Bonchev–Trinajstić information content (AvgIpc) is 3.07. The van der Waals surface area contributed by atoms with E-state index in [1.54, 1.807) is 14.2 Å². The van der Waals surface area contributed by atoms with Gasteiger partial charge in [-0.15, -0.1) is 0 Å². The molecule has 142 valence electrons. The molecule has 1 amide bonds. The number of fused-ring (bicyclic) bond motifs is 1. The number of rotatable bonds is 8. The number of hydrogen-bond acceptors (Lipinski definition) is 6. The molecule has 1 N–H and O–H groups in total. The van der Waals surface area contributed by atoms with Crippen LogP contribution < -0.4 is 19.5 Å². The van der Waals surface area contributed by atoms with Gasteiger partial charge in [-0.3, -0.25) is 4.79 Å². The Bertz CT molecular complexity index is 939. The molecule has 7 heteroatoms. The van der Waals surface area contributed by atoms with Crippen LogP contribution in [0.4, 0.5) is 5.13 Å². The molecule has 0 fully saturated rings. The highest BCUT2D eigenvalue weighted by atomic mass is 32.1. The van der Waals surface area contributed by atoms with Gasteiger partial charge in [-0.2, -0.15) is 0 Å². The summed E-state index contributed by atoms with van der Waals surface area (Å²) in [7, 11) is 3.23. The van der Waals surface area contributed by atoms with Crippen LogP contribution in [0.5, 0.6) is 17.2 Å². The lowest BCUT2D eigenvalue weighted by Gasteiger charge is -2.10. The quantitative estimate of drug-likeness (QED) is 0.626. The minimum atomic E-state index is -0.0936. The van der Waals surface area contributed by atoms with E-state index in [2.05, 4.69) is 10.3 Å². The van der Waals surface area contributed by atoms with Gasteiger partial charge < -0.3 is 19.5 Å². The molecule has 0 atom stereocenters. The van der Waals surface area contributed by atoms with Crippen molar-refractivity contribution >= 4 is 32.6 Å². The number of nitrogens with one attached hydrogen (secondary N) is 1. The fourth-order valence-electron chi connectivity index (χ4n) is 2.72. The van der Waals surface area contributed by atoms with Crippen molar-refractivity contribution in [2.75, 3.05) is 26.1 Å². The van der Waals surface area contributed by atoms with Gasteiger partial charge in [0, 0.05) is 6.42 Å². The van der Waals surface area contributed by atoms with E-state index < -0.39 is 0 Å². The molecule has 0 spiro atoms. The predicted octanol–water partition coefficient (Wildman–Crippen LogP) is 4.28. The molecule has 0 aliphatic rings. The van der Waals surface area contributed by atoms with Crippen LogP contribution in [0, 0.1) is 0 Å². The number of carbonyl (C=O) groups excluding carboxylic acids is 1. The largest absolute Gasteiger partial charge is 0.497 e. The Morgan fingerprint density at radius 2 is 1.93 bits per heavy atom. The van der Waals surface area contributed by atoms with E-state index in [1.807, 2.05) is 43.3 Å². The summed E-state index contributed by atoms with van der Waals surface area (Å²) in [6.07, 6.45) is 0.870. The molecule has 0 unspecified atom stereocenters. The van der Waals surface area contributed by atoms with Gasteiger partial charge in [0.2, 0.25) is 5.91 Å².